The summed E-state index contributed by atoms with van der Waals surface area (Å²) in [7, 11) is 1.90. The van der Waals surface area contributed by atoms with Crippen LogP contribution < -0.4 is 15.5 Å². The minimum absolute atomic E-state index is 0. The van der Waals surface area contributed by atoms with E-state index in [4.69, 9.17) is 11.6 Å². The van der Waals surface area contributed by atoms with Crippen LogP contribution in [0.3, 0.4) is 0 Å². The van der Waals surface area contributed by atoms with Crippen molar-refractivity contribution in [3.8, 4) is 0 Å². The number of hydrogen-bond acceptors (Lipinski definition) is 7. The Kier molecular flexibility index (Phi) is 7.20. The first-order chi connectivity index (χ1) is 14.8. The summed E-state index contributed by atoms with van der Waals surface area (Å²) in [5.41, 5.74) is 3.41. The maximum Gasteiger partial charge on any atom is 0.247 e. The topological polar surface area (TPSA) is 101 Å². The molecule has 0 saturated heterocycles. The Morgan fingerprint density at radius 1 is 1.22 bits per heavy atom. The fourth-order valence-electron chi connectivity index (χ4n) is 3.75. The highest BCUT2D eigenvalue weighted by atomic mass is 35.5. The monoisotopic (exact) mass is 476 g/mol. The number of hydrogen-bond donors (Lipinski definition) is 2. The molecule has 0 saturated carbocycles. The first kappa shape index (κ1) is 23.7. The van der Waals surface area contributed by atoms with Crippen molar-refractivity contribution in [1.29, 1.82) is 0 Å². The van der Waals surface area contributed by atoms with Crippen molar-refractivity contribution in [2.24, 2.45) is 5.92 Å². The standard InChI is InChI=1S/C21H25ClN8O.ClH/c1-12(2)18-20(31)27-17-13(3)26-21(28-19(17)29(18)4)24-8-15-9-25-30(11-15)10-14-5-6-16(22)23-7-14;/h5-7,9,11-12,18H,8,10H2,1-4H3,(H,27,31)(H,24,26,28);1H. The van der Waals surface area contributed by atoms with Gasteiger partial charge in [-0.3, -0.25) is 9.48 Å². The van der Waals surface area contributed by atoms with Gasteiger partial charge >= 0.3 is 0 Å². The second kappa shape index (κ2) is 9.70. The van der Waals surface area contributed by atoms with Gasteiger partial charge in [0, 0.05) is 31.5 Å². The van der Waals surface area contributed by atoms with Gasteiger partial charge in [0.25, 0.3) is 0 Å². The highest BCUT2D eigenvalue weighted by Crippen LogP contribution is 2.34. The highest BCUT2D eigenvalue weighted by molar-refractivity contribution is 6.29. The van der Waals surface area contributed by atoms with Crippen LogP contribution in [0.2, 0.25) is 5.15 Å². The van der Waals surface area contributed by atoms with Crippen LogP contribution in [0.1, 0.15) is 30.7 Å². The highest BCUT2D eigenvalue weighted by Gasteiger charge is 2.35. The number of halogens is 2. The summed E-state index contributed by atoms with van der Waals surface area (Å²) in [6, 6.07) is 3.43. The van der Waals surface area contributed by atoms with Crippen molar-refractivity contribution in [1.82, 2.24) is 24.7 Å². The van der Waals surface area contributed by atoms with E-state index in [-0.39, 0.29) is 30.3 Å². The lowest BCUT2D eigenvalue weighted by molar-refractivity contribution is -0.118. The number of likely N-dealkylation sites (N-methyl/N-ethyl adjacent to an activating group) is 1. The van der Waals surface area contributed by atoms with Gasteiger partial charge in [0.05, 0.1) is 18.4 Å². The van der Waals surface area contributed by atoms with Crippen molar-refractivity contribution < 1.29 is 4.79 Å². The second-order valence-electron chi connectivity index (χ2n) is 8.01. The predicted molar refractivity (Wildman–Crippen MR) is 128 cm³/mol. The van der Waals surface area contributed by atoms with E-state index in [0.717, 1.165) is 22.6 Å². The van der Waals surface area contributed by atoms with Crippen LogP contribution in [0.4, 0.5) is 17.5 Å². The number of aromatic nitrogens is 5. The maximum atomic E-state index is 12.5. The Balaban J connectivity index is 0.00000289. The van der Waals surface area contributed by atoms with Crippen molar-refractivity contribution >= 4 is 47.4 Å². The van der Waals surface area contributed by atoms with E-state index in [0.29, 0.717) is 29.9 Å². The number of fused-ring (bicyclic) bond motifs is 1. The normalized spacial score (nSPS) is 15.2. The van der Waals surface area contributed by atoms with Gasteiger partial charge in [-0.15, -0.1) is 12.4 Å². The Bertz CT molecular complexity index is 1100. The molecule has 0 radical (unpaired) electrons. The third-order valence-electron chi connectivity index (χ3n) is 5.24. The fourth-order valence-corrected chi connectivity index (χ4v) is 3.86. The molecular formula is C21H26Cl2N8O. The van der Waals surface area contributed by atoms with E-state index in [2.05, 4.69) is 30.7 Å². The van der Waals surface area contributed by atoms with Crippen LogP contribution in [0, 0.1) is 12.8 Å². The van der Waals surface area contributed by atoms with Crippen LogP contribution in [0.5, 0.6) is 0 Å². The molecule has 1 atom stereocenters. The Morgan fingerprint density at radius 3 is 2.69 bits per heavy atom. The lowest BCUT2D eigenvalue weighted by Crippen LogP contribution is -2.49. The maximum absolute atomic E-state index is 12.5. The number of pyridine rings is 1. The number of rotatable bonds is 6. The van der Waals surface area contributed by atoms with Gasteiger partial charge in [-0.05, 0) is 24.5 Å². The zero-order valence-corrected chi connectivity index (χ0v) is 19.9. The van der Waals surface area contributed by atoms with E-state index in [1.54, 1.807) is 12.3 Å². The van der Waals surface area contributed by atoms with E-state index in [1.807, 2.05) is 55.9 Å². The lowest BCUT2D eigenvalue weighted by atomic mass is 9.99. The first-order valence-electron chi connectivity index (χ1n) is 10.1. The summed E-state index contributed by atoms with van der Waals surface area (Å²) in [6.07, 6.45) is 5.52. The molecule has 0 bridgehead atoms. The zero-order valence-electron chi connectivity index (χ0n) is 18.3. The Labute approximate surface area is 198 Å². The van der Waals surface area contributed by atoms with Crippen LogP contribution in [-0.2, 0) is 17.9 Å². The molecule has 1 aliphatic rings. The van der Waals surface area contributed by atoms with Gasteiger partial charge < -0.3 is 15.5 Å². The molecule has 3 aromatic rings. The largest absolute Gasteiger partial charge is 0.350 e. The van der Waals surface area contributed by atoms with Gasteiger partial charge in [0.1, 0.15) is 16.9 Å². The van der Waals surface area contributed by atoms with E-state index in [9.17, 15) is 4.79 Å². The molecule has 4 rings (SSSR count). The third kappa shape index (κ3) is 4.94. The quantitative estimate of drug-likeness (QED) is 0.524. The number of aryl methyl sites for hydroxylation is 1. The van der Waals surface area contributed by atoms with Gasteiger partial charge in [-0.25, -0.2) is 9.97 Å². The van der Waals surface area contributed by atoms with E-state index >= 15 is 0 Å². The zero-order chi connectivity index (χ0) is 22.1. The molecular weight excluding hydrogens is 451 g/mol. The second-order valence-corrected chi connectivity index (χ2v) is 8.40. The molecule has 170 valence electrons. The van der Waals surface area contributed by atoms with Crippen LogP contribution in [-0.4, -0.2) is 43.7 Å². The predicted octanol–water partition coefficient (Wildman–Crippen LogP) is 3.53. The molecule has 11 heteroatoms. The van der Waals surface area contributed by atoms with Gasteiger partial charge in [0.2, 0.25) is 11.9 Å². The van der Waals surface area contributed by atoms with Crippen LogP contribution in [0.25, 0.3) is 0 Å². The van der Waals surface area contributed by atoms with Crippen molar-refractivity contribution in [2.75, 3.05) is 22.6 Å². The molecule has 32 heavy (non-hydrogen) atoms. The van der Waals surface area contributed by atoms with Crippen LogP contribution in [0.15, 0.2) is 30.7 Å². The Morgan fingerprint density at radius 2 is 2.00 bits per heavy atom. The van der Waals surface area contributed by atoms with Gasteiger partial charge in [-0.1, -0.05) is 31.5 Å². The molecule has 0 fully saturated rings. The molecule has 4 heterocycles. The molecule has 2 N–H and O–H groups in total. The number of nitrogens with one attached hydrogen (secondary N) is 2. The summed E-state index contributed by atoms with van der Waals surface area (Å²) < 4.78 is 1.84. The van der Waals surface area contributed by atoms with E-state index < -0.39 is 0 Å². The van der Waals surface area contributed by atoms with E-state index in [1.165, 1.54) is 0 Å². The van der Waals surface area contributed by atoms with Crippen molar-refractivity contribution in [3.05, 3.63) is 52.7 Å². The molecule has 1 unspecified atom stereocenters. The molecule has 1 amide bonds. The fraction of sp³-hybridized carbons (Fsp3) is 0.381. The summed E-state index contributed by atoms with van der Waals surface area (Å²) in [6.45, 7) is 7.06. The average molecular weight is 477 g/mol. The minimum atomic E-state index is -0.268. The van der Waals surface area contributed by atoms with Crippen LogP contribution >= 0.6 is 24.0 Å². The number of amides is 1. The SMILES string of the molecule is Cc1nc(NCc2cnn(Cc3ccc(Cl)nc3)c2)nc2c1NC(=O)C(C(C)C)N2C.Cl. The number of anilines is 3. The number of nitrogens with zero attached hydrogens (tertiary/aromatic N) is 6. The smallest absolute Gasteiger partial charge is 0.247 e. The van der Waals surface area contributed by atoms with Crippen molar-refractivity contribution in [2.45, 2.75) is 39.9 Å². The Hall–Kier alpha value is -2.91. The molecule has 9 nitrogen and oxygen atoms in total. The first-order valence-corrected chi connectivity index (χ1v) is 10.5. The average Bonchev–Trinajstić information content (AvgIpc) is 3.16. The summed E-state index contributed by atoms with van der Waals surface area (Å²) in [4.78, 5) is 27.7. The number of carbonyl (C=O) groups is 1. The summed E-state index contributed by atoms with van der Waals surface area (Å²) in [5, 5.41) is 11.1. The van der Waals surface area contributed by atoms with Crippen molar-refractivity contribution in [3.63, 3.8) is 0 Å². The third-order valence-corrected chi connectivity index (χ3v) is 5.46. The van der Waals surface area contributed by atoms with Gasteiger partial charge in [0.15, 0.2) is 5.82 Å². The lowest BCUT2D eigenvalue weighted by Gasteiger charge is -2.36. The molecule has 0 aromatic carbocycles. The molecule has 1 aliphatic heterocycles. The van der Waals surface area contributed by atoms with Gasteiger partial charge in [-0.2, -0.15) is 10.1 Å². The summed E-state index contributed by atoms with van der Waals surface area (Å²) >= 11 is 5.84. The molecule has 0 spiro atoms. The number of carbonyl (C=O) groups excluding carboxylic acids is 1. The molecule has 3 aromatic heterocycles. The summed E-state index contributed by atoms with van der Waals surface area (Å²) in [5.74, 6) is 1.36. The minimum Gasteiger partial charge on any atom is -0.350 e. The molecule has 0 aliphatic carbocycles.